The van der Waals surface area contributed by atoms with Crippen LogP contribution in [0.2, 0.25) is 0 Å². The summed E-state index contributed by atoms with van der Waals surface area (Å²) < 4.78 is 1.82. The number of nitrogens with one attached hydrogen (secondary N) is 1. The van der Waals surface area contributed by atoms with Gasteiger partial charge in [-0.05, 0) is 6.42 Å². The van der Waals surface area contributed by atoms with Crippen LogP contribution in [0, 0.1) is 0 Å². The predicted molar refractivity (Wildman–Crippen MR) is 60.5 cm³/mol. The molecule has 3 heteroatoms. The van der Waals surface area contributed by atoms with Crippen LogP contribution in [0.4, 0.5) is 5.69 Å². The quantitative estimate of drug-likeness (QED) is 0.678. The van der Waals surface area contributed by atoms with Crippen LogP contribution >= 0.6 is 0 Å². The largest absolute Gasteiger partial charge is 0.383 e. The van der Waals surface area contributed by atoms with Gasteiger partial charge in [-0.1, -0.05) is 32.6 Å². The first-order valence-electron chi connectivity index (χ1n) is 5.55. The van der Waals surface area contributed by atoms with E-state index >= 15 is 0 Å². The molecule has 1 rings (SSSR count). The molecule has 1 aromatic rings. The number of hydrogen-bond donors (Lipinski definition) is 1. The highest BCUT2D eigenvalue weighted by molar-refractivity contribution is 5.37. The van der Waals surface area contributed by atoms with E-state index in [0.29, 0.717) is 0 Å². The minimum absolute atomic E-state index is 1.06. The fraction of sp³-hybridized carbons (Fsp3) is 0.727. The molecule has 0 atom stereocenters. The molecule has 0 aliphatic rings. The van der Waals surface area contributed by atoms with Gasteiger partial charge in [0.2, 0.25) is 0 Å². The minimum Gasteiger partial charge on any atom is -0.383 e. The molecule has 14 heavy (non-hydrogen) atoms. The lowest BCUT2D eigenvalue weighted by molar-refractivity contribution is 0.645. The molecule has 0 spiro atoms. The molecule has 0 aliphatic heterocycles. The highest BCUT2D eigenvalue weighted by Gasteiger charge is 1.93. The molecule has 0 aromatic carbocycles. The maximum absolute atomic E-state index is 4.10. The minimum atomic E-state index is 1.06. The van der Waals surface area contributed by atoms with Crippen LogP contribution in [0.1, 0.15) is 39.0 Å². The lowest BCUT2D eigenvalue weighted by Crippen LogP contribution is -2.00. The monoisotopic (exact) mass is 195 g/mol. The Morgan fingerprint density at radius 2 is 2.07 bits per heavy atom. The standard InChI is InChI=1S/C11H21N3/c1-3-4-5-6-7-8-12-11-9-13-14(2)10-11/h9-10,12H,3-8H2,1-2H3. The zero-order chi connectivity index (χ0) is 10.2. The van der Waals surface area contributed by atoms with E-state index in [2.05, 4.69) is 17.3 Å². The molecule has 1 heterocycles. The molecule has 1 aromatic heterocycles. The maximum Gasteiger partial charge on any atom is 0.0726 e. The van der Waals surface area contributed by atoms with Gasteiger partial charge in [0.15, 0.2) is 0 Å². The summed E-state index contributed by atoms with van der Waals surface area (Å²) in [6, 6.07) is 0. The first-order valence-corrected chi connectivity index (χ1v) is 5.55. The second kappa shape index (κ2) is 6.46. The van der Waals surface area contributed by atoms with Crippen LogP contribution in [0.3, 0.4) is 0 Å². The lowest BCUT2D eigenvalue weighted by Gasteiger charge is -2.02. The van der Waals surface area contributed by atoms with Crippen molar-refractivity contribution >= 4 is 5.69 Å². The van der Waals surface area contributed by atoms with Crippen LogP contribution in [0.25, 0.3) is 0 Å². The van der Waals surface area contributed by atoms with E-state index in [9.17, 15) is 0 Å². The SMILES string of the molecule is CCCCCCCNc1cnn(C)c1. The summed E-state index contributed by atoms with van der Waals surface area (Å²) in [5, 5.41) is 7.46. The summed E-state index contributed by atoms with van der Waals surface area (Å²) in [5.41, 5.74) is 1.13. The van der Waals surface area contributed by atoms with Gasteiger partial charge in [-0.15, -0.1) is 0 Å². The molecule has 0 saturated heterocycles. The van der Waals surface area contributed by atoms with Gasteiger partial charge < -0.3 is 5.32 Å². The van der Waals surface area contributed by atoms with Crippen molar-refractivity contribution in [3.63, 3.8) is 0 Å². The number of rotatable bonds is 7. The topological polar surface area (TPSA) is 29.9 Å². The second-order valence-electron chi connectivity index (χ2n) is 3.74. The number of nitrogens with zero attached hydrogens (tertiary/aromatic N) is 2. The zero-order valence-electron chi connectivity index (χ0n) is 9.29. The second-order valence-corrected chi connectivity index (χ2v) is 3.74. The number of aryl methyl sites for hydroxylation is 1. The Morgan fingerprint density at radius 3 is 2.71 bits per heavy atom. The van der Waals surface area contributed by atoms with Gasteiger partial charge in [-0.2, -0.15) is 5.10 Å². The fourth-order valence-corrected chi connectivity index (χ4v) is 1.47. The van der Waals surface area contributed by atoms with Crippen molar-refractivity contribution in [2.45, 2.75) is 39.0 Å². The Morgan fingerprint density at radius 1 is 1.29 bits per heavy atom. The molecule has 0 aliphatic carbocycles. The molecule has 0 radical (unpaired) electrons. The van der Waals surface area contributed by atoms with Gasteiger partial charge in [-0.3, -0.25) is 4.68 Å². The third-order valence-corrected chi connectivity index (χ3v) is 2.31. The average molecular weight is 195 g/mol. The van der Waals surface area contributed by atoms with E-state index in [-0.39, 0.29) is 0 Å². The van der Waals surface area contributed by atoms with Gasteiger partial charge in [0.25, 0.3) is 0 Å². The number of aromatic nitrogens is 2. The highest BCUT2D eigenvalue weighted by Crippen LogP contribution is 2.05. The van der Waals surface area contributed by atoms with Crippen LogP contribution in [0.5, 0.6) is 0 Å². The maximum atomic E-state index is 4.10. The van der Waals surface area contributed by atoms with Crippen LogP contribution in [-0.4, -0.2) is 16.3 Å². The van der Waals surface area contributed by atoms with Gasteiger partial charge in [0.05, 0.1) is 11.9 Å². The normalized spacial score (nSPS) is 10.4. The first-order chi connectivity index (χ1) is 6.83. The van der Waals surface area contributed by atoms with Crippen molar-refractivity contribution in [1.82, 2.24) is 9.78 Å². The molecule has 0 unspecified atom stereocenters. The third kappa shape index (κ3) is 4.30. The smallest absolute Gasteiger partial charge is 0.0726 e. The molecule has 0 amide bonds. The zero-order valence-corrected chi connectivity index (χ0v) is 9.29. The molecule has 0 bridgehead atoms. The van der Waals surface area contributed by atoms with Crippen molar-refractivity contribution in [1.29, 1.82) is 0 Å². The van der Waals surface area contributed by atoms with Crippen LogP contribution in [-0.2, 0) is 7.05 Å². The van der Waals surface area contributed by atoms with Crippen LogP contribution < -0.4 is 5.32 Å². The van der Waals surface area contributed by atoms with Gasteiger partial charge in [-0.25, -0.2) is 0 Å². The van der Waals surface area contributed by atoms with E-state index in [1.165, 1.54) is 32.1 Å². The first kappa shape index (κ1) is 11.1. The summed E-state index contributed by atoms with van der Waals surface area (Å²) in [6.45, 7) is 3.31. The predicted octanol–water partition coefficient (Wildman–Crippen LogP) is 2.80. The molecule has 0 fully saturated rings. The van der Waals surface area contributed by atoms with Gasteiger partial charge >= 0.3 is 0 Å². The Balaban J connectivity index is 1.99. The number of unbranched alkanes of at least 4 members (excludes halogenated alkanes) is 4. The molecule has 0 saturated carbocycles. The Bertz CT molecular complexity index is 242. The fourth-order valence-electron chi connectivity index (χ4n) is 1.47. The van der Waals surface area contributed by atoms with Crippen molar-refractivity contribution in [3.05, 3.63) is 12.4 Å². The molecule has 1 N–H and O–H groups in total. The Hall–Kier alpha value is -0.990. The summed E-state index contributed by atoms with van der Waals surface area (Å²) in [7, 11) is 1.94. The highest BCUT2D eigenvalue weighted by atomic mass is 15.3. The van der Waals surface area contributed by atoms with Crippen molar-refractivity contribution in [2.75, 3.05) is 11.9 Å². The van der Waals surface area contributed by atoms with Crippen molar-refractivity contribution in [2.24, 2.45) is 7.05 Å². The van der Waals surface area contributed by atoms with Crippen LogP contribution in [0.15, 0.2) is 12.4 Å². The Labute approximate surface area is 86.5 Å². The summed E-state index contributed by atoms with van der Waals surface area (Å²) in [4.78, 5) is 0. The lowest BCUT2D eigenvalue weighted by atomic mass is 10.1. The number of hydrogen-bond acceptors (Lipinski definition) is 2. The van der Waals surface area contributed by atoms with Crippen molar-refractivity contribution in [3.8, 4) is 0 Å². The molecule has 80 valence electrons. The van der Waals surface area contributed by atoms with E-state index in [1.54, 1.807) is 0 Å². The summed E-state index contributed by atoms with van der Waals surface area (Å²) in [5.74, 6) is 0. The molecule has 3 nitrogen and oxygen atoms in total. The number of anilines is 1. The van der Waals surface area contributed by atoms with E-state index < -0.39 is 0 Å². The third-order valence-electron chi connectivity index (χ3n) is 2.31. The molecular formula is C11H21N3. The summed E-state index contributed by atoms with van der Waals surface area (Å²) >= 11 is 0. The van der Waals surface area contributed by atoms with E-state index in [4.69, 9.17) is 0 Å². The van der Waals surface area contributed by atoms with E-state index in [1.807, 2.05) is 24.1 Å². The van der Waals surface area contributed by atoms with Crippen molar-refractivity contribution < 1.29 is 0 Å². The Kier molecular flexibility index (Phi) is 5.12. The van der Waals surface area contributed by atoms with Gasteiger partial charge in [0, 0.05) is 19.8 Å². The van der Waals surface area contributed by atoms with E-state index in [0.717, 1.165) is 12.2 Å². The average Bonchev–Trinajstić information content (AvgIpc) is 2.58. The molecular weight excluding hydrogens is 174 g/mol. The summed E-state index contributed by atoms with van der Waals surface area (Å²) in [6.07, 6.45) is 10.5. The van der Waals surface area contributed by atoms with Gasteiger partial charge in [0.1, 0.15) is 0 Å².